The number of phenolic OH excluding ortho intramolecular Hbond substituents is 1. The number of benzene rings is 2. The van der Waals surface area contributed by atoms with Crippen LogP contribution in [0, 0.1) is 0 Å². The van der Waals surface area contributed by atoms with Crippen molar-refractivity contribution in [2.45, 2.75) is 52.4 Å². The van der Waals surface area contributed by atoms with E-state index in [9.17, 15) is 24.9 Å². The molecule has 0 aromatic heterocycles. The quantitative estimate of drug-likeness (QED) is 0.398. The molecule has 2 rings (SSSR count). The Hall–Kier alpha value is -3.48. The standard InChI is InChI=1S/C26H32O7/c1-25(2,3)18-10-14(11-19(22(18)27)26(4,5)6)9-16(23(28)29)15-12-20(32-7)21(33-8)13-17(15)24(30)31/h9-13,27H,1-8H3,(H,28,29)(H,30,31)/b16-9+. The second-order valence-corrected chi connectivity index (χ2v) is 9.89. The van der Waals surface area contributed by atoms with Crippen LogP contribution in [0.15, 0.2) is 24.3 Å². The first-order valence-electron chi connectivity index (χ1n) is 10.4. The van der Waals surface area contributed by atoms with Crippen molar-refractivity contribution in [3.8, 4) is 17.2 Å². The molecule has 0 heterocycles. The number of hydrogen-bond acceptors (Lipinski definition) is 5. The van der Waals surface area contributed by atoms with Crippen LogP contribution in [0.3, 0.4) is 0 Å². The number of phenols is 1. The second-order valence-electron chi connectivity index (χ2n) is 9.89. The lowest BCUT2D eigenvalue weighted by molar-refractivity contribution is -0.130. The molecule has 0 spiro atoms. The highest BCUT2D eigenvalue weighted by Crippen LogP contribution is 2.41. The summed E-state index contributed by atoms with van der Waals surface area (Å²) in [6, 6.07) is 6.05. The van der Waals surface area contributed by atoms with Crippen molar-refractivity contribution in [2.75, 3.05) is 14.2 Å². The summed E-state index contributed by atoms with van der Waals surface area (Å²) in [4.78, 5) is 24.2. The third-order valence-corrected chi connectivity index (χ3v) is 5.33. The van der Waals surface area contributed by atoms with Gasteiger partial charge in [0.25, 0.3) is 0 Å². The Morgan fingerprint density at radius 3 is 1.55 bits per heavy atom. The summed E-state index contributed by atoms with van der Waals surface area (Å²) >= 11 is 0. The van der Waals surface area contributed by atoms with E-state index in [4.69, 9.17) is 9.47 Å². The van der Waals surface area contributed by atoms with Gasteiger partial charge in [-0.2, -0.15) is 0 Å². The van der Waals surface area contributed by atoms with Gasteiger partial charge in [0, 0.05) is 16.7 Å². The number of aromatic carboxylic acids is 1. The Morgan fingerprint density at radius 1 is 0.788 bits per heavy atom. The molecule has 0 amide bonds. The SMILES string of the molecule is COc1cc(C(=O)O)c(/C(=C\c2cc(C(C)(C)C)c(O)c(C(C)(C)C)c2)C(=O)O)cc1OC. The fourth-order valence-electron chi connectivity index (χ4n) is 3.58. The van der Waals surface area contributed by atoms with E-state index < -0.39 is 22.8 Å². The second kappa shape index (κ2) is 9.17. The number of carboxylic acid groups (broad SMARTS) is 2. The molecule has 0 aliphatic heterocycles. The van der Waals surface area contributed by atoms with Gasteiger partial charge in [0.2, 0.25) is 0 Å². The minimum Gasteiger partial charge on any atom is -0.507 e. The maximum atomic E-state index is 12.3. The predicted molar refractivity (Wildman–Crippen MR) is 128 cm³/mol. The van der Waals surface area contributed by atoms with Crippen molar-refractivity contribution >= 4 is 23.6 Å². The molecular weight excluding hydrogens is 424 g/mol. The van der Waals surface area contributed by atoms with Crippen molar-refractivity contribution in [3.05, 3.63) is 52.1 Å². The van der Waals surface area contributed by atoms with E-state index in [2.05, 4.69) is 0 Å². The topological polar surface area (TPSA) is 113 Å². The van der Waals surface area contributed by atoms with Gasteiger partial charge in [0.05, 0.1) is 25.4 Å². The predicted octanol–water partition coefficient (Wildman–Crippen LogP) is 5.33. The fraction of sp³-hybridized carbons (Fsp3) is 0.385. The first kappa shape index (κ1) is 25.8. The lowest BCUT2D eigenvalue weighted by Gasteiger charge is -2.28. The molecule has 7 heteroatoms. The largest absolute Gasteiger partial charge is 0.507 e. The third-order valence-electron chi connectivity index (χ3n) is 5.33. The maximum Gasteiger partial charge on any atom is 0.336 e. The lowest BCUT2D eigenvalue weighted by atomic mass is 9.78. The first-order valence-corrected chi connectivity index (χ1v) is 10.4. The number of ether oxygens (including phenoxy) is 2. The van der Waals surface area contributed by atoms with Crippen LogP contribution in [0.5, 0.6) is 17.2 Å². The van der Waals surface area contributed by atoms with Crippen LogP contribution in [-0.2, 0) is 15.6 Å². The molecular formula is C26H32O7. The minimum absolute atomic E-state index is 0.0182. The number of carbonyl (C=O) groups is 2. The lowest BCUT2D eigenvalue weighted by Crippen LogP contribution is -2.17. The van der Waals surface area contributed by atoms with Gasteiger partial charge in [-0.15, -0.1) is 0 Å². The van der Waals surface area contributed by atoms with Gasteiger partial charge in [0.15, 0.2) is 11.5 Å². The van der Waals surface area contributed by atoms with Crippen molar-refractivity contribution < 1.29 is 34.4 Å². The third kappa shape index (κ3) is 5.48. The van der Waals surface area contributed by atoms with E-state index in [0.29, 0.717) is 16.7 Å². The number of aromatic hydroxyl groups is 1. The molecule has 2 aromatic carbocycles. The van der Waals surface area contributed by atoms with Gasteiger partial charge in [-0.3, -0.25) is 0 Å². The summed E-state index contributed by atoms with van der Waals surface area (Å²) in [5.41, 5.74) is 0.570. The summed E-state index contributed by atoms with van der Waals surface area (Å²) in [5.74, 6) is -2.04. The molecule has 3 N–H and O–H groups in total. The van der Waals surface area contributed by atoms with Crippen LogP contribution in [0.25, 0.3) is 11.6 Å². The minimum atomic E-state index is -1.30. The Morgan fingerprint density at radius 2 is 1.21 bits per heavy atom. The zero-order chi connectivity index (χ0) is 25.3. The van der Waals surface area contributed by atoms with Crippen LogP contribution in [0.1, 0.15) is 74.2 Å². The highest BCUT2D eigenvalue weighted by molar-refractivity contribution is 6.23. The molecule has 0 saturated carbocycles. The molecule has 0 radical (unpaired) electrons. The van der Waals surface area contributed by atoms with Crippen molar-refractivity contribution in [1.82, 2.24) is 0 Å². The summed E-state index contributed by atoms with van der Waals surface area (Å²) < 4.78 is 10.4. The molecule has 0 unspecified atom stereocenters. The molecule has 0 bridgehead atoms. The van der Waals surface area contributed by atoms with Gasteiger partial charge < -0.3 is 24.8 Å². The average Bonchev–Trinajstić information content (AvgIpc) is 2.69. The number of rotatable bonds is 6. The Kier molecular flexibility index (Phi) is 7.17. The Bertz CT molecular complexity index is 1080. The fourth-order valence-corrected chi connectivity index (χ4v) is 3.58. The van der Waals surface area contributed by atoms with Crippen LogP contribution >= 0.6 is 0 Å². The van der Waals surface area contributed by atoms with Gasteiger partial charge in [-0.25, -0.2) is 9.59 Å². The van der Waals surface area contributed by atoms with E-state index in [1.165, 1.54) is 32.4 Å². The van der Waals surface area contributed by atoms with E-state index >= 15 is 0 Å². The zero-order valence-corrected chi connectivity index (χ0v) is 20.4. The molecule has 0 aliphatic rings. The van der Waals surface area contributed by atoms with Gasteiger partial charge >= 0.3 is 11.9 Å². The van der Waals surface area contributed by atoms with E-state index in [1.54, 1.807) is 12.1 Å². The number of carboxylic acids is 2. The molecule has 7 nitrogen and oxygen atoms in total. The van der Waals surface area contributed by atoms with Crippen molar-refractivity contribution in [3.63, 3.8) is 0 Å². The van der Waals surface area contributed by atoms with E-state index in [0.717, 1.165) is 0 Å². The zero-order valence-electron chi connectivity index (χ0n) is 20.4. The highest BCUT2D eigenvalue weighted by Gasteiger charge is 2.27. The monoisotopic (exact) mass is 456 g/mol. The highest BCUT2D eigenvalue weighted by atomic mass is 16.5. The maximum absolute atomic E-state index is 12.3. The Balaban J connectivity index is 2.92. The average molecular weight is 457 g/mol. The molecule has 2 aromatic rings. The van der Waals surface area contributed by atoms with Crippen LogP contribution in [0.4, 0.5) is 0 Å². The first-order chi connectivity index (χ1) is 15.1. The molecule has 0 atom stereocenters. The summed E-state index contributed by atoms with van der Waals surface area (Å²) in [5, 5.41) is 30.7. The molecule has 178 valence electrons. The summed E-state index contributed by atoms with van der Waals surface area (Å²) in [6.07, 6.45) is 1.42. The molecule has 0 saturated heterocycles. The molecule has 0 fully saturated rings. The van der Waals surface area contributed by atoms with E-state index in [1.807, 2.05) is 41.5 Å². The van der Waals surface area contributed by atoms with Gasteiger partial charge in [-0.1, -0.05) is 41.5 Å². The smallest absolute Gasteiger partial charge is 0.336 e. The molecule has 0 aliphatic carbocycles. The normalized spacial score (nSPS) is 12.4. The number of aliphatic carboxylic acids is 1. The van der Waals surface area contributed by atoms with Gasteiger partial charge in [-0.05, 0) is 46.7 Å². The summed E-state index contributed by atoms with van der Waals surface area (Å²) in [7, 11) is 2.76. The van der Waals surface area contributed by atoms with Crippen molar-refractivity contribution in [1.29, 1.82) is 0 Å². The van der Waals surface area contributed by atoms with Crippen LogP contribution in [-0.4, -0.2) is 41.5 Å². The van der Waals surface area contributed by atoms with Crippen LogP contribution in [0.2, 0.25) is 0 Å². The Labute approximate surface area is 194 Å². The van der Waals surface area contributed by atoms with Crippen molar-refractivity contribution in [2.24, 2.45) is 0 Å². The summed E-state index contributed by atoms with van der Waals surface area (Å²) in [6.45, 7) is 11.7. The van der Waals surface area contributed by atoms with Crippen LogP contribution < -0.4 is 9.47 Å². The molecule has 33 heavy (non-hydrogen) atoms. The van der Waals surface area contributed by atoms with E-state index in [-0.39, 0.29) is 33.9 Å². The van der Waals surface area contributed by atoms with Gasteiger partial charge in [0.1, 0.15) is 5.75 Å². The number of hydrogen-bond donors (Lipinski definition) is 3. The number of methoxy groups -OCH3 is 2.